The summed E-state index contributed by atoms with van der Waals surface area (Å²) in [5.41, 5.74) is -0.940. The number of ether oxygens (including phenoxy) is 1. The van der Waals surface area contributed by atoms with Gasteiger partial charge >= 0.3 is 0 Å². The lowest BCUT2D eigenvalue weighted by Gasteiger charge is -2.21. The highest BCUT2D eigenvalue weighted by molar-refractivity contribution is 6.01. The van der Waals surface area contributed by atoms with Gasteiger partial charge in [0, 0.05) is 38.4 Å². The van der Waals surface area contributed by atoms with E-state index in [4.69, 9.17) is 14.9 Å². The van der Waals surface area contributed by atoms with Crippen LogP contribution in [0.2, 0.25) is 0 Å². The molecule has 3 N–H and O–H groups in total. The third kappa shape index (κ3) is 7.40. The van der Waals surface area contributed by atoms with E-state index >= 15 is 0 Å². The van der Waals surface area contributed by atoms with E-state index in [1.54, 1.807) is 24.3 Å². The van der Waals surface area contributed by atoms with E-state index in [2.05, 4.69) is 4.90 Å². The summed E-state index contributed by atoms with van der Waals surface area (Å²) in [6, 6.07) is 6.71. The first-order chi connectivity index (χ1) is 11.4. The summed E-state index contributed by atoms with van der Waals surface area (Å²) in [6.45, 7) is 5.93. The number of carbonyl (C=O) groups is 1. The Bertz CT molecular complexity index is 473. The number of nitrogens with zero attached hydrogens (tertiary/aromatic N) is 1. The smallest absolute Gasteiger partial charge is 0.193 e. The molecule has 136 valence electrons. The lowest BCUT2D eigenvalue weighted by Crippen LogP contribution is -2.31. The van der Waals surface area contributed by atoms with Gasteiger partial charge in [0.15, 0.2) is 5.78 Å². The summed E-state index contributed by atoms with van der Waals surface area (Å²) in [5.74, 6) is 0.333. The van der Waals surface area contributed by atoms with Crippen LogP contribution < -0.4 is 4.74 Å². The van der Waals surface area contributed by atoms with Crippen molar-refractivity contribution in [3.8, 4) is 5.75 Å². The van der Waals surface area contributed by atoms with Crippen LogP contribution in [0.1, 0.15) is 37.0 Å². The molecule has 0 fully saturated rings. The van der Waals surface area contributed by atoms with E-state index in [1.165, 1.54) is 13.8 Å². The van der Waals surface area contributed by atoms with Crippen LogP contribution in [-0.4, -0.2) is 71.1 Å². The van der Waals surface area contributed by atoms with Crippen molar-refractivity contribution in [1.82, 2.24) is 4.90 Å². The molecule has 1 aromatic carbocycles. The molecule has 0 heterocycles. The van der Waals surface area contributed by atoms with Gasteiger partial charge in [0.25, 0.3) is 0 Å². The van der Waals surface area contributed by atoms with Crippen molar-refractivity contribution in [2.24, 2.45) is 0 Å². The highest BCUT2D eigenvalue weighted by atomic mass is 16.5. The first-order valence-electron chi connectivity index (χ1n) is 8.32. The fourth-order valence-corrected chi connectivity index (χ4v) is 2.27. The molecule has 0 saturated heterocycles. The van der Waals surface area contributed by atoms with E-state index in [9.17, 15) is 9.90 Å². The van der Waals surface area contributed by atoms with Crippen molar-refractivity contribution < 1.29 is 24.9 Å². The minimum atomic E-state index is -1.39. The highest BCUT2D eigenvalue weighted by Crippen LogP contribution is 2.17. The van der Waals surface area contributed by atoms with Gasteiger partial charge in [-0.25, -0.2) is 0 Å². The van der Waals surface area contributed by atoms with Crippen molar-refractivity contribution in [2.45, 2.75) is 32.3 Å². The SMILES string of the molecule is CC(C)(O)C(=O)c1ccc(OCCN(CCCO)CCCO)cc1. The molecule has 0 aliphatic heterocycles. The Morgan fingerprint density at radius 3 is 2.04 bits per heavy atom. The number of rotatable bonds is 12. The summed E-state index contributed by atoms with van der Waals surface area (Å²) in [4.78, 5) is 14.1. The van der Waals surface area contributed by atoms with Crippen LogP contribution in [0.15, 0.2) is 24.3 Å². The molecule has 0 amide bonds. The molecule has 0 spiro atoms. The Kier molecular flexibility index (Phi) is 8.92. The van der Waals surface area contributed by atoms with Crippen LogP contribution in [0.3, 0.4) is 0 Å². The first kappa shape index (κ1) is 20.6. The van der Waals surface area contributed by atoms with Gasteiger partial charge < -0.3 is 20.1 Å². The van der Waals surface area contributed by atoms with Gasteiger partial charge in [-0.1, -0.05) is 0 Å². The molecule has 6 nitrogen and oxygen atoms in total. The zero-order valence-electron chi connectivity index (χ0n) is 14.6. The van der Waals surface area contributed by atoms with E-state index in [1.807, 2.05) is 0 Å². The predicted octanol–water partition coefficient (Wildman–Crippen LogP) is 1.09. The fourth-order valence-electron chi connectivity index (χ4n) is 2.27. The van der Waals surface area contributed by atoms with Crippen LogP contribution in [0.5, 0.6) is 5.75 Å². The maximum atomic E-state index is 11.9. The summed E-state index contributed by atoms with van der Waals surface area (Å²) in [7, 11) is 0. The normalized spacial score (nSPS) is 11.8. The predicted molar refractivity (Wildman–Crippen MR) is 92.4 cm³/mol. The van der Waals surface area contributed by atoms with Gasteiger partial charge in [0.05, 0.1) is 0 Å². The molecule has 0 saturated carbocycles. The number of benzene rings is 1. The maximum Gasteiger partial charge on any atom is 0.193 e. The van der Waals surface area contributed by atoms with Gasteiger partial charge in [0.1, 0.15) is 18.0 Å². The van der Waals surface area contributed by atoms with E-state index in [0.29, 0.717) is 37.3 Å². The number of hydrogen-bond acceptors (Lipinski definition) is 6. The van der Waals surface area contributed by atoms with Gasteiger partial charge in [-0.05, 0) is 51.0 Å². The molecule has 0 aliphatic rings. The molecule has 0 bridgehead atoms. The highest BCUT2D eigenvalue weighted by Gasteiger charge is 2.24. The van der Waals surface area contributed by atoms with Crippen LogP contribution in [0.4, 0.5) is 0 Å². The van der Waals surface area contributed by atoms with Crippen molar-refractivity contribution in [2.75, 3.05) is 39.5 Å². The Balaban J connectivity index is 2.47. The number of carbonyl (C=O) groups excluding carboxylic acids is 1. The van der Waals surface area contributed by atoms with Crippen LogP contribution >= 0.6 is 0 Å². The zero-order valence-corrected chi connectivity index (χ0v) is 14.6. The second kappa shape index (κ2) is 10.4. The number of aliphatic hydroxyl groups excluding tert-OH is 2. The standard InChI is InChI=1S/C18H29NO5/c1-18(2,23)17(22)15-5-7-16(8-6-15)24-14-11-19(9-3-12-20)10-4-13-21/h5-8,20-21,23H,3-4,9-14H2,1-2H3. The lowest BCUT2D eigenvalue weighted by atomic mass is 9.97. The molecular formula is C18H29NO5. The molecule has 1 aromatic rings. The average molecular weight is 339 g/mol. The average Bonchev–Trinajstić information content (AvgIpc) is 2.56. The Labute approximate surface area is 143 Å². The largest absolute Gasteiger partial charge is 0.492 e. The number of Topliss-reactive ketones (excluding diaryl/α,β-unsaturated/α-hetero) is 1. The monoisotopic (exact) mass is 339 g/mol. The molecule has 0 radical (unpaired) electrons. The Hall–Kier alpha value is -1.47. The Morgan fingerprint density at radius 2 is 1.58 bits per heavy atom. The van der Waals surface area contributed by atoms with Gasteiger partial charge in [0.2, 0.25) is 0 Å². The summed E-state index contributed by atoms with van der Waals surface area (Å²) >= 11 is 0. The second-order valence-electron chi connectivity index (χ2n) is 6.26. The van der Waals surface area contributed by atoms with E-state index < -0.39 is 5.60 Å². The van der Waals surface area contributed by atoms with Crippen molar-refractivity contribution in [1.29, 1.82) is 0 Å². The van der Waals surface area contributed by atoms with Crippen molar-refractivity contribution in [3.05, 3.63) is 29.8 Å². The quantitative estimate of drug-likeness (QED) is 0.494. The molecule has 6 heteroatoms. The van der Waals surface area contributed by atoms with Crippen LogP contribution in [0.25, 0.3) is 0 Å². The fraction of sp³-hybridized carbons (Fsp3) is 0.611. The minimum absolute atomic E-state index is 0.146. The summed E-state index contributed by atoms with van der Waals surface area (Å²) in [6.07, 6.45) is 1.39. The topological polar surface area (TPSA) is 90.2 Å². The third-order valence-electron chi connectivity index (χ3n) is 3.61. The van der Waals surface area contributed by atoms with Crippen molar-refractivity contribution >= 4 is 5.78 Å². The Morgan fingerprint density at radius 1 is 1.04 bits per heavy atom. The zero-order chi connectivity index (χ0) is 18.0. The van der Waals surface area contributed by atoms with Gasteiger partial charge in [-0.15, -0.1) is 0 Å². The van der Waals surface area contributed by atoms with Crippen molar-refractivity contribution in [3.63, 3.8) is 0 Å². The number of hydrogen-bond donors (Lipinski definition) is 3. The van der Waals surface area contributed by atoms with E-state index in [-0.39, 0.29) is 19.0 Å². The lowest BCUT2D eigenvalue weighted by molar-refractivity contribution is 0.0488. The minimum Gasteiger partial charge on any atom is -0.492 e. The molecule has 0 aliphatic carbocycles. The number of aliphatic hydroxyl groups is 3. The molecule has 1 rings (SSSR count). The molecular weight excluding hydrogens is 310 g/mol. The van der Waals surface area contributed by atoms with Gasteiger partial charge in [-0.3, -0.25) is 9.69 Å². The first-order valence-corrected chi connectivity index (χ1v) is 8.32. The van der Waals surface area contributed by atoms with E-state index in [0.717, 1.165) is 13.1 Å². The molecule has 0 atom stereocenters. The number of ketones is 1. The summed E-state index contributed by atoms with van der Waals surface area (Å²) < 4.78 is 5.68. The maximum absolute atomic E-state index is 11.9. The van der Waals surface area contributed by atoms with Crippen LogP contribution in [0, 0.1) is 0 Å². The second-order valence-corrected chi connectivity index (χ2v) is 6.26. The summed E-state index contributed by atoms with van der Waals surface area (Å²) in [5, 5.41) is 27.6. The molecule has 24 heavy (non-hydrogen) atoms. The third-order valence-corrected chi connectivity index (χ3v) is 3.61. The van der Waals surface area contributed by atoms with Crippen LogP contribution in [-0.2, 0) is 0 Å². The molecule has 0 unspecified atom stereocenters. The molecule has 0 aromatic heterocycles. The van der Waals surface area contributed by atoms with Gasteiger partial charge in [-0.2, -0.15) is 0 Å².